The molecule has 1 fully saturated rings. The number of carbonyl (C=O) groups is 1. The third-order valence-electron chi connectivity index (χ3n) is 7.63. The minimum atomic E-state index is -0.419. The van der Waals surface area contributed by atoms with Gasteiger partial charge in [-0.2, -0.15) is 0 Å². The Kier molecular flexibility index (Phi) is 8.00. The van der Waals surface area contributed by atoms with E-state index in [9.17, 15) is 9.59 Å². The molecule has 2 aromatic carbocycles. The fourth-order valence-electron chi connectivity index (χ4n) is 5.26. The highest BCUT2D eigenvalue weighted by atomic mass is 16.5. The summed E-state index contributed by atoms with van der Waals surface area (Å²) in [6.45, 7) is 10.7. The summed E-state index contributed by atoms with van der Waals surface area (Å²) < 4.78 is 11.5. The molecule has 0 amide bonds. The Hall–Kier alpha value is -4.01. The molecule has 1 aliphatic heterocycles. The number of pyridine rings is 1. The smallest absolute Gasteiger partial charge is 0.339 e. The molecule has 1 aliphatic rings. The Morgan fingerprint density at radius 3 is 2.55 bits per heavy atom. The van der Waals surface area contributed by atoms with Crippen LogP contribution in [0.3, 0.4) is 0 Å². The number of aromatic nitrogens is 1. The van der Waals surface area contributed by atoms with E-state index in [0.717, 1.165) is 55.1 Å². The molecule has 0 radical (unpaired) electrons. The predicted molar refractivity (Wildman–Crippen MR) is 158 cm³/mol. The van der Waals surface area contributed by atoms with Crippen LogP contribution in [-0.2, 0) is 11.3 Å². The van der Waals surface area contributed by atoms with E-state index in [4.69, 9.17) is 14.1 Å². The molecule has 208 valence electrons. The molecule has 1 saturated heterocycles. The van der Waals surface area contributed by atoms with Gasteiger partial charge in [0.25, 0.3) is 0 Å². The van der Waals surface area contributed by atoms with Crippen molar-refractivity contribution in [2.24, 2.45) is 0 Å². The average molecular weight is 541 g/mol. The number of nitrogens with one attached hydrogen (secondary N) is 1. The van der Waals surface area contributed by atoms with E-state index in [1.165, 1.54) is 7.11 Å². The minimum absolute atomic E-state index is 0.0649. The molecule has 4 aromatic rings. The fraction of sp³-hybridized carbons (Fsp3) is 0.344. The van der Waals surface area contributed by atoms with Crippen molar-refractivity contribution in [3.63, 3.8) is 0 Å². The van der Waals surface area contributed by atoms with Gasteiger partial charge in [-0.1, -0.05) is 18.2 Å². The number of methoxy groups -OCH3 is 1. The second-order valence-corrected chi connectivity index (χ2v) is 10.6. The van der Waals surface area contributed by atoms with Crippen LogP contribution < -0.4 is 10.7 Å². The summed E-state index contributed by atoms with van der Waals surface area (Å²) in [4.78, 5) is 35.3. The number of esters is 1. The molecular weight excluding hydrogens is 504 g/mol. The van der Waals surface area contributed by atoms with Crippen LogP contribution in [0.1, 0.15) is 45.7 Å². The topological polar surface area (TPSA) is 87.9 Å². The van der Waals surface area contributed by atoms with E-state index in [2.05, 4.69) is 22.2 Å². The zero-order valence-corrected chi connectivity index (χ0v) is 23.8. The van der Waals surface area contributed by atoms with Crippen molar-refractivity contribution in [2.45, 2.75) is 33.4 Å². The van der Waals surface area contributed by atoms with Crippen LogP contribution >= 0.6 is 0 Å². The van der Waals surface area contributed by atoms with Gasteiger partial charge in [0.2, 0.25) is 0 Å². The molecule has 0 aliphatic carbocycles. The molecule has 1 N–H and O–H groups in total. The number of hydrogen-bond acceptors (Lipinski definition) is 8. The Labute approximate surface area is 234 Å². The van der Waals surface area contributed by atoms with Gasteiger partial charge >= 0.3 is 5.97 Å². The van der Waals surface area contributed by atoms with Crippen LogP contribution in [-0.4, -0.2) is 61.1 Å². The van der Waals surface area contributed by atoms with Gasteiger partial charge in [0, 0.05) is 61.3 Å². The van der Waals surface area contributed by atoms with E-state index in [0.29, 0.717) is 33.5 Å². The Morgan fingerprint density at radius 1 is 1.10 bits per heavy atom. The molecule has 0 unspecified atom stereocenters. The molecule has 2 aromatic heterocycles. The van der Waals surface area contributed by atoms with Crippen LogP contribution in [0.4, 0.5) is 5.69 Å². The van der Waals surface area contributed by atoms with Gasteiger partial charge in [-0.05, 0) is 63.7 Å². The standard InChI is InChI=1S/C32H36N4O4/c1-20-16-26(22(3)34-28-9-7-6-8-25(28)32(38)39-5)31-27(17-20)29(37)21(2)30(40-31)23-10-11-24(33-18-23)19-36-14-12-35(4)13-15-36/h6-11,16-18,22,34H,12-15,19H2,1-5H3/t22-/m1/s1. The largest absolute Gasteiger partial charge is 0.465 e. The minimum Gasteiger partial charge on any atom is -0.465 e. The zero-order valence-electron chi connectivity index (χ0n) is 23.8. The summed E-state index contributed by atoms with van der Waals surface area (Å²) in [5, 5.41) is 3.95. The lowest BCUT2D eigenvalue weighted by Gasteiger charge is -2.32. The monoisotopic (exact) mass is 540 g/mol. The average Bonchev–Trinajstić information content (AvgIpc) is 2.96. The number of carbonyl (C=O) groups excluding carboxylic acids is 1. The Bertz CT molecular complexity index is 1590. The molecule has 0 bridgehead atoms. The number of para-hydroxylation sites is 1. The number of ether oxygens (including phenoxy) is 1. The molecule has 0 spiro atoms. The van der Waals surface area contributed by atoms with E-state index in [-0.39, 0.29) is 11.5 Å². The molecule has 3 heterocycles. The number of hydrogen-bond donors (Lipinski definition) is 1. The first-order valence-corrected chi connectivity index (χ1v) is 13.6. The third kappa shape index (κ3) is 5.64. The highest BCUT2D eigenvalue weighted by Crippen LogP contribution is 2.32. The fourth-order valence-corrected chi connectivity index (χ4v) is 5.26. The van der Waals surface area contributed by atoms with Crippen molar-refractivity contribution in [2.75, 3.05) is 45.7 Å². The maximum absolute atomic E-state index is 13.6. The third-order valence-corrected chi connectivity index (χ3v) is 7.63. The number of anilines is 1. The lowest BCUT2D eigenvalue weighted by atomic mass is 9.98. The first-order chi connectivity index (χ1) is 19.2. The normalized spacial score (nSPS) is 15.2. The maximum atomic E-state index is 13.6. The number of benzene rings is 2. The summed E-state index contributed by atoms with van der Waals surface area (Å²) in [5.74, 6) is 0.0980. The molecule has 8 nitrogen and oxygen atoms in total. The van der Waals surface area contributed by atoms with Crippen LogP contribution in [0.25, 0.3) is 22.3 Å². The van der Waals surface area contributed by atoms with Crippen LogP contribution in [0.2, 0.25) is 0 Å². The molecular formula is C32H36N4O4. The van der Waals surface area contributed by atoms with Crippen molar-refractivity contribution in [1.29, 1.82) is 0 Å². The van der Waals surface area contributed by atoms with Crippen molar-refractivity contribution in [1.82, 2.24) is 14.8 Å². The summed E-state index contributed by atoms with van der Waals surface area (Å²) in [6, 6.07) is 14.8. The van der Waals surface area contributed by atoms with Gasteiger partial charge in [-0.15, -0.1) is 0 Å². The van der Waals surface area contributed by atoms with E-state index < -0.39 is 5.97 Å². The van der Waals surface area contributed by atoms with Crippen molar-refractivity contribution >= 4 is 22.6 Å². The number of likely N-dealkylation sites (N-methyl/N-ethyl adjacent to an activating group) is 1. The van der Waals surface area contributed by atoms with Gasteiger partial charge in [0.05, 0.1) is 29.8 Å². The van der Waals surface area contributed by atoms with E-state index >= 15 is 0 Å². The first kappa shape index (κ1) is 27.6. The highest BCUT2D eigenvalue weighted by molar-refractivity contribution is 5.95. The molecule has 5 rings (SSSR count). The second kappa shape index (κ2) is 11.6. The van der Waals surface area contributed by atoms with Gasteiger partial charge in [-0.25, -0.2) is 4.79 Å². The van der Waals surface area contributed by atoms with Crippen molar-refractivity contribution in [3.05, 3.63) is 92.9 Å². The van der Waals surface area contributed by atoms with Gasteiger partial charge in [0.1, 0.15) is 11.3 Å². The lowest BCUT2D eigenvalue weighted by Crippen LogP contribution is -2.43. The van der Waals surface area contributed by atoms with Crippen molar-refractivity contribution in [3.8, 4) is 11.3 Å². The predicted octanol–water partition coefficient (Wildman–Crippen LogP) is 5.18. The van der Waals surface area contributed by atoms with Crippen LogP contribution in [0, 0.1) is 13.8 Å². The van der Waals surface area contributed by atoms with Gasteiger partial charge in [-0.3, -0.25) is 14.7 Å². The summed E-state index contributed by atoms with van der Waals surface area (Å²) in [5.41, 5.74) is 5.63. The molecule has 40 heavy (non-hydrogen) atoms. The van der Waals surface area contributed by atoms with Crippen LogP contribution in [0.15, 0.2) is 63.9 Å². The lowest BCUT2D eigenvalue weighted by molar-refractivity contribution is 0.0602. The maximum Gasteiger partial charge on any atom is 0.339 e. The zero-order chi connectivity index (χ0) is 28.4. The molecule has 0 saturated carbocycles. The first-order valence-electron chi connectivity index (χ1n) is 13.6. The quantitative estimate of drug-likeness (QED) is 0.321. The second-order valence-electron chi connectivity index (χ2n) is 10.6. The van der Waals surface area contributed by atoms with Crippen LogP contribution in [0.5, 0.6) is 0 Å². The Morgan fingerprint density at radius 2 is 1.85 bits per heavy atom. The Balaban J connectivity index is 1.49. The van der Waals surface area contributed by atoms with E-state index in [1.54, 1.807) is 25.3 Å². The molecule has 8 heteroatoms. The summed E-state index contributed by atoms with van der Waals surface area (Å²) in [6.07, 6.45) is 1.80. The highest BCUT2D eigenvalue weighted by Gasteiger charge is 2.21. The van der Waals surface area contributed by atoms with Gasteiger partial charge in [0.15, 0.2) is 5.43 Å². The summed E-state index contributed by atoms with van der Waals surface area (Å²) in [7, 11) is 3.51. The van der Waals surface area contributed by atoms with Crippen molar-refractivity contribution < 1.29 is 13.9 Å². The number of piperazine rings is 1. The molecule has 1 atom stereocenters. The van der Waals surface area contributed by atoms with E-state index in [1.807, 2.05) is 50.2 Å². The van der Waals surface area contributed by atoms with Gasteiger partial charge < -0.3 is 19.4 Å². The number of aryl methyl sites for hydroxylation is 1. The SMILES string of the molecule is COC(=O)c1ccccc1N[C@H](C)c1cc(C)cc2c(=O)c(C)c(-c3ccc(CN4CCN(C)CC4)nc3)oc12. The number of fused-ring (bicyclic) bond motifs is 1. The number of nitrogens with zero attached hydrogens (tertiary/aromatic N) is 3. The number of rotatable bonds is 7. The summed E-state index contributed by atoms with van der Waals surface area (Å²) >= 11 is 0.